The Balaban J connectivity index is 2.99. The summed E-state index contributed by atoms with van der Waals surface area (Å²) in [5.41, 5.74) is 9.67. The molecule has 2 amide bonds. The minimum atomic E-state index is -0.514. The molecule has 0 heterocycles. The normalized spacial score (nSPS) is 10.1. The first-order valence-corrected chi connectivity index (χ1v) is 4.42. The molecule has 4 N–H and O–H groups in total. The Bertz CT molecular complexity index is 177. The maximum absolute atomic E-state index is 10.2. The molecular weight excluding hydrogens is 204 g/mol. The van der Waals surface area contributed by atoms with Gasteiger partial charge in [-0.1, -0.05) is 0 Å². The lowest BCUT2D eigenvalue weighted by atomic mass is 10.6. The SMILES string of the molecule is NC(=O)COCCOCCOCC(N)=O. The van der Waals surface area contributed by atoms with E-state index in [2.05, 4.69) is 0 Å². The average Bonchev–Trinajstić information content (AvgIpc) is 2.14. The molecule has 0 saturated carbocycles. The summed E-state index contributed by atoms with van der Waals surface area (Å²) in [6.45, 7) is 1.04. The summed E-state index contributed by atoms with van der Waals surface area (Å²) in [4.78, 5) is 20.5. The molecule has 7 nitrogen and oxygen atoms in total. The Hall–Kier alpha value is -1.18. The molecule has 0 aliphatic heterocycles. The third kappa shape index (κ3) is 12.8. The molecule has 0 unspecified atom stereocenters. The minimum Gasteiger partial charge on any atom is -0.377 e. The first-order valence-electron chi connectivity index (χ1n) is 4.42. The predicted octanol–water partition coefficient (Wildman–Crippen LogP) is -1.99. The van der Waals surface area contributed by atoms with Crippen LogP contribution in [-0.4, -0.2) is 51.5 Å². The number of primary amides is 2. The van der Waals surface area contributed by atoms with Crippen molar-refractivity contribution < 1.29 is 23.8 Å². The van der Waals surface area contributed by atoms with Crippen LogP contribution in [0.3, 0.4) is 0 Å². The van der Waals surface area contributed by atoms with Crippen molar-refractivity contribution in [1.82, 2.24) is 0 Å². The monoisotopic (exact) mass is 220 g/mol. The number of carbonyl (C=O) groups is 2. The van der Waals surface area contributed by atoms with E-state index >= 15 is 0 Å². The van der Waals surface area contributed by atoms with Gasteiger partial charge in [0.1, 0.15) is 13.2 Å². The van der Waals surface area contributed by atoms with Crippen molar-refractivity contribution in [2.45, 2.75) is 0 Å². The maximum Gasteiger partial charge on any atom is 0.243 e. The van der Waals surface area contributed by atoms with Crippen molar-refractivity contribution in [2.75, 3.05) is 39.6 Å². The van der Waals surface area contributed by atoms with Crippen molar-refractivity contribution >= 4 is 11.8 Å². The van der Waals surface area contributed by atoms with Crippen LogP contribution in [0, 0.1) is 0 Å². The Morgan fingerprint density at radius 2 is 1.07 bits per heavy atom. The van der Waals surface area contributed by atoms with E-state index in [4.69, 9.17) is 25.7 Å². The second-order valence-electron chi connectivity index (χ2n) is 2.65. The highest BCUT2D eigenvalue weighted by molar-refractivity contribution is 5.75. The quantitative estimate of drug-likeness (QED) is 0.413. The number of rotatable bonds is 10. The van der Waals surface area contributed by atoms with Gasteiger partial charge in [0.25, 0.3) is 0 Å². The van der Waals surface area contributed by atoms with Gasteiger partial charge in [0.15, 0.2) is 0 Å². The van der Waals surface area contributed by atoms with Gasteiger partial charge in [0.05, 0.1) is 26.4 Å². The Morgan fingerprint density at radius 3 is 1.40 bits per heavy atom. The third-order valence-electron chi connectivity index (χ3n) is 1.23. The number of ether oxygens (including phenoxy) is 3. The number of nitrogens with two attached hydrogens (primary N) is 2. The maximum atomic E-state index is 10.2. The molecule has 0 fully saturated rings. The molecular formula is C8H16N2O5. The van der Waals surface area contributed by atoms with Crippen LogP contribution in [0.15, 0.2) is 0 Å². The lowest BCUT2D eigenvalue weighted by Gasteiger charge is -2.04. The van der Waals surface area contributed by atoms with Crippen molar-refractivity contribution in [2.24, 2.45) is 11.5 Å². The van der Waals surface area contributed by atoms with Crippen LogP contribution < -0.4 is 11.5 Å². The molecule has 0 radical (unpaired) electrons. The number of hydrogen-bond acceptors (Lipinski definition) is 5. The van der Waals surface area contributed by atoms with E-state index in [-0.39, 0.29) is 13.2 Å². The lowest BCUT2D eigenvalue weighted by molar-refractivity contribution is -0.123. The number of amides is 2. The van der Waals surface area contributed by atoms with Gasteiger partial charge in [-0.05, 0) is 0 Å². The second kappa shape index (κ2) is 9.38. The summed E-state index contributed by atoms with van der Waals surface area (Å²) in [7, 11) is 0. The highest BCUT2D eigenvalue weighted by Crippen LogP contribution is 1.80. The van der Waals surface area contributed by atoms with Crippen LogP contribution in [-0.2, 0) is 23.8 Å². The molecule has 0 atom stereocenters. The van der Waals surface area contributed by atoms with Crippen LogP contribution in [0.25, 0.3) is 0 Å². The second-order valence-corrected chi connectivity index (χ2v) is 2.65. The van der Waals surface area contributed by atoms with Crippen LogP contribution in [0.4, 0.5) is 0 Å². The largest absolute Gasteiger partial charge is 0.377 e. The van der Waals surface area contributed by atoms with Gasteiger partial charge in [-0.25, -0.2) is 0 Å². The van der Waals surface area contributed by atoms with Gasteiger partial charge in [0, 0.05) is 0 Å². The molecule has 0 bridgehead atoms. The highest BCUT2D eigenvalue weighted by Gasteiger charge is 1.95. The van der Waals surface area contributed by atoms with Gasteiger partial charge >= 0.3 is 0 Å². The zero-order valence-corrected chi connectivity index (χ0v) is 8.44. The topological polar surface area (TPSA) is 114 Å². The Morgan fingerprint density at radius 1 is 0.733 bits per heavy atom. The van der Waals surface area contributed by atoms with Crippen LogP contribution >= 0.6 is 0 Å². The molecule has 0 saturated heterocycles. The zero-order valence-electron chi connectivity index (χ0n) is 8.44. The fourth-order valence-corrected chi connectivity index (χ4v) is 0.683. The lowest BCUT2D eigenvalue weighted by Crippen LogP contribution is -2.21. The Labute approximate surface area is 87.6 Å². The zero-order chi connectivity index (χ0) is 11.5. The van der Waals surface area contributed by atoms with E-state index < -0.39 is 11.8 Å². The fourth-order valence-electron chi connectivity index (χ4n) is 0.683. The standard InChI is InChI=1S/C8H16N2O5/c9-7(11)5-14-3-1-13-2-4-15-6-8(10)12/h1-6H2,(H2,9,11)(H2,10,12). The van der Waals surface area contributed by atoms with E-state index in [0.29, 0.717) is 26.4 Å². The summed E-state index contributed by atoms with van der Waals surface area (Å²) in [6.07, 6.45) is 0. The predicted molar refractivity (Wildman–Crippen MR) is 50.8 cm³/mol. The third-order valence-corrected chi connectivity index (χ3v) is 1.23. The Kier molecular flexibility index (Phi) is 8.64. The fraction of sp³-hybridized carbons (Fsp3) is 0.750. The van der Waals surface area contributed by atoms with Crippen molar-refractivity contribution in [3.05, 3.63) is 0 Å². The summed E-state index contributed by atoms with van der Waals surface area (Å²) in [5, 5.41) is 0. The highest BCUT2D eigenvalue weighted by atomic mass is 16.5. The van der Waals surface area contributed by atoms with Gasteiger partial charge in [0.2, 0.25) is 11.8 Å². The van der Waals surface area contributed by atoms with Gasteiger partial charge < -0.3 is 25.7 Å². The first-order chi connectivity index (χ1) is 7.13. The minimum absolute atomic E-state index is 0.110. The molecule has 15 heavy (non-hydrogen) atoms. The molecule has 0 aromatic carbocycles. The average molecular weight is 220 g/mol. The van der Waals surface area contributed by atoms with E-state index in [1.54, 1.807) is 0 Å². The molecule has 7 heteroatoms. The first kappa shape index (κ1) is 13.8. The van der Waals surface area contributed by atoms with Gasteiger partial charge in [-0.2, -0.15) is 0 Å². The van der Waals surface area contributed by atoms with E-state index in [1.165, 1.54) is 0 Å². The van der Waals surface area contributed by atoms with Crippen LogP contribution in [0.1, 0.15) is 0 Å². The molecule has 0 aliphatic carbocycles. The van der Waals surface area contributed by atoms with Crippen molar-refractivity contribution in [3.63, 3.8) is 0 Å². The molecule has 0 aliphatic rings. The van der Waals surface area contributed by atoms with E-state index in [0.717, 1.165) is 0 Å². The molecule has 88 valence electrons. The summed E-state index contributed by atoms with van der Waals surface area (Å²) >= 11 is 0. The molecule has 0 aromatic heterocycles. The van der Waals surface area contributed by atoms with Crippen LogP contribution in [0.2, 0.25) is 0 Å². The van der Waals surface area contributed by atoms with Crippen LogP contribution in [0.5, 0.6) is 0 Å². The van der Waals surface area contributed by atoms with Crippen molar-refractivity contribution in [1.29, 1.82) is 0 Å². The molecule has 0 spiro atoms. The molecule has 0 rings (SSSR count). The summed E-state index contributed by atoms with van der Waals surface area (Å²) in [5.74, 6) is -1.03. The van der Waals surface area contributed by atoms with Gasteiger partial charge in [-0.3, -0.25) is 9.59 Å². The van der Waals surface area contributed by atoms with E-state index in [1.807, 2.05) is 0 Å². The smallest absolute Gasteiger partial charge is 0.243 e. The van der Waals surface area contributed by atoms with E-state index in [9.17, 15) is 9.59 Å². The number of carbonyl (C=O) groups excluding carboxylic acids is 2. The van der Waals surface area contributed by atoms with Crippen molar-refractivity contribution in [3.8, 4) is 0 Å². The summed E-state index contributed by atoms with van der Waals surface area (Å²) in [6, 6.07) is 0. The molecule has 0 aromatic rings. The summed E-state index contributed by atoms with van der Waals surface area (Å²) < 4.78 is 14.7. The number of hydrogen-bond donors (Lipinski definition) is 2. The van der Waals surface area contributed by atoms with Gasteiger partial charge in [-0.15, -0.1) is 0 Å².